The van der Waals surface area contributed by atoms with Gasteiger partial charge < -0.3 is 5.32 Å². The maximum Gasteiger partial charge on any atom is 0.0944 e. The molecule has 0 saturated carbocycles. The van der Waals surface area contributed by atoms with Gasteiger partial charge in [0.2, 0.25) is 0 Å². The lowest BCUT2D eigenvalue weighted by Crippen LogP contribution is -2.24. The van der Waals surface area contributed by atoms with Crippen molar-refractivity contribution in [2.24, 2.45) is 0 Å². The van der Waals surface area contributed by atoms with E-state index < -0.39 is 0 Å². The van der Waals surface area contributed by atoms with Crippen molar-refractivity contribution in [2.45, 2.75) is 39.2 Å². The summed E-state index contributed by atoms with van der Waals surface area (Å²) in [5, 5.41) is 9.15. The maximum atomic E-state index is 4.41. The zero-order valence-corrected chi connectivity index (χ0v) is 12.6. The van der Waals surface area contributed by atoms with Gasteiger partial charge in [0.15, 0.2) is 0 Å². The molecule has 2 aromatic rings. The molecular formula is C14H20N2S2. The van der Waals surface area contributed by atoms with Crippen molar-refractivity contribution >= 4 is 22.7 Å². The monoisotopic (exact) mass is 280 g/mol. The Morgan fingerprint density at radius 2 is 2.17 bits per heavy atom. The van der Waals surface area contributed by atoms with Crippen molar-refractivity contribution in [3.63, 3.8) is 0 Å². The fourth-order valence-corrected chi connectivity index (χ4v) is 3.79. The topological polar surface area (TPSA) is 24.9 Å². The van der Waals surface area contributed by atoms with E-state index in [1.54, 1.807) is 11.3 Å². The first-order valence-corrected chi connectivity index (χ1v) is 8.29. The smallest absolute Gasteiger partial charge is 0.0944 e. The Kier molecular flexibility index (Phi) is 5.35. The molecule has 0 saturated heterocycles. The second-order valence-corrected chi connectivity index (χ2v) is 6.23. The first-order valence-electron chi connectivity index (χ1n) is 6.53. The molecule has 2 rings (SSSR count). The predicted molar refractivity (Wildman–Crippen MR) is 80.5 cm³/mol. The van der Waals surface area contributed by atoms with Crippen LogP contribution in [0.15, 0.2) is 23.0 Å². The van der Waals surface area contributed by atoms with E-state index >= 15 is 0 Å². The van der Waals surface area contributed by atoms with Gasteiger partial charge in [-0.05, 0) is 36.4 Å². The zero-order valence-electron chi connectivity index (χ0n) is 11.0. The lowest BCUT2D eigenvalue weighted by Gasteiger charge is -2.17. The minimum Gasteiger partial charge on any atom is -0.309 e. The second kappa shape index (κ2) is 7.02. The van der Waals surface area contributed by atoms with E-state index in [1.807, 2.05) is 17.5 Å². The molecule has 0 aliphatic carbocycles. The third kappa shape index (κ3) is 3.40. The first-order chi connectivity index (χ1) is 8.85. The van der Waals surface area contributed by atoms with Crippen molar-refractivity contribution in [3.8, 4) is 0 Å². The molecule has 0 aliphatic rings. The van der Waals surface area contributed by atoms with Gasteiger partial charge in [0.1, 0.15) is 0 Å². The van der Waals surface area contributed by atoms with Gasteiger partial charge in [-0.25, -0.2) is 4.98 Å². The van der Waals surface area contributed by atoms with Crippen LogP contribution < -0.4 is 5.32 Å². The molecule has 1 unspecified atom stereocenters. The van der Waals surface area contributed by atoms with Gasteiger partial charge in [0, 0.05) is 28.9 Å². The highest BCUT2D eigenvalue weighted by Gasteiger charge is 2.17. The van der Waals surface area contributed by atoms with Crippen molar-refractivity contribution < 1.29 is 0 Å². The molecule has 0 radical (unpaired) electrons. The average molecular weight is 280 g/mol. The number of hydrogen-bond acceptors (Lipinski definition) is 4. The van der Waals surface area contributed by atoms with Crippen LogP contribution in [-0.4, -0.2) is 11.5 Å². The highest BCUT2D eigenvalue weighted by Crippen LogP contribution is 2.28. The summed E-state index contributed by atoms with van der Waals surface area (Å²) in [6, 6.07) is 2.67. The first kappa shape index (κ1) is 13.7. The summed E-state index contributed by atoms with van der Waals surface area (Å²) in [7, 11) is 0. The summed E-state index contributed by atoms with van der Waals surface area (Å²) in [5.74, 6) is 0. The summed E-state index contributed by atoms with van der Waals surface area (Å²) in [6.07, 6.45) is 5.18. The highest BCUT2D eigenvalue weighted by molar-refractivity contribution is 7.10. The number of nitrogens with zero attached hydrogens (tertiary/aromatic N) is 1. The molecular weight excluding hydrogens is 260 g/mol. The number of aryl methyl sites for hydroxylation is 1. The quantitative estimate of drug-likeness (QED) is 0.827. The summed E-state index contributed by atoms with van der Waals surface area (Å²) < 4.78 is 0. The second-order valence-electron chi connectivity index (χ2n) is 4.30. The molecule has 98 valence electrons. The number of thiophene rings is 1. The van der Waals surface area contributed by atoms with E-state index in [0.717, 1.165) is 19.4 Å². The van der Waals surface area contributed by atoms with Crippen LogP contribution in [0.4, 0.5) is 0 Å². The third-order valence-corrected chi connectivity index (χ3v) is 4.86. The third-order valence-electron chi connectivity index (χ3n) is 2.98. The van der Waals surface area contributed by atoms with E-state index in [9.17, 15) is 0 Å². The van der Waals surface area contributed by atoms with Crippen LogP contribution in [0.25, 0.3) is 0 Å². The Morgan fingerprint density at radius 1 is 1.28 bits per heavy atom. The van der Waals surface area contributed by atoms with Crippen molar-refractivity contribution in [1.29, 1.82) is 0 Å². The SMILES string of the molecule is CCCNC(Cc1nccs1)c1sccc1CC. The average Bonchev–Trinajstić information content (AvgIpc) is 3.04. The zero-order chi connectivity index (χ0) is 12.8. The molecule has 0 fully saturated rings. The van der Waals surface area contributed by atoms with Gasteiger partial charge in [-0.2, -0.15) is 0 Å². The Hall–Kier alpha value is -0.710. The molecule has 0 bridgehead atoms. The molecule has 18 heavy (non-hydrogen) atoms. The Balaban J connectivity index is 2.14. The summed E-state index contributed by atoms with van der Waals surface area (Å²) in [6.45, 7) is 5.51. The molecule has 0 amide bonds. The van der Waals surface area contributed by atoms with Crippen LogP contribution >= 0.6 is 22.7 Å². The number of rotatable bonds is 7. The fourth-order valence-electron chi connectivity index (χ4n) is 2.05. The molecule has 1 atom stereocenters. The largest absolute Gasteiger partial charge is 0.309 e. The number of hydrogen-bond donors (Lipinski definition) is 1. The fraction of sp³-hybridized carbons (Fsp3) is 0.500. The summed E-state index contributed by atoms with van der Waals surface area (Å²) in [5.41, 5.74) is 1.48. The van der Waals surface area contributed by atoms with E-state index in [-0.39, 0.29) is 0 Å². The molecule has 4 heteroatoms. The lowest BCUT2D eigenvalue weighted by molar-refractivity contribution is 0.533. The van der Waals surface area contributed by atoms with Crippen molar-refractivity contribution in [2.75, 3.05) is 6.54 Å². The van der Waals surface area contributed by atoms with E-state index in [0.29, 0.717) is 6.04 Å². The predicted octanol–water partition coefficient (Wildman–Crippen LogP) is 4.05. The van der Waals surface area contributed by atoms with Crippen LogP contribution in [-0.2, 0) is 12.8 Å². The van der Waals surface area contributed by atoms with E-state index in [4.69, 9.17) is 0 Å². The molecule has 1 N–H and O–H groups in total. The highest BCUT2D eigenvalue weighted by atomic mass is 32.1. The normalized spacial score (nSPS) is 12.8. The van der Waals surface area contributed by atoms with Gasteiger partial charge in [-0.3, -0.25) is 0 Å². The number of thiazole rings is 1. The van der Waals surface area contributed by atoms with Gasteiger partial charge in [0.05, 0.1) is 5.01 Å². The molecule has 0 spiro atoms. The Morgan fingerprint density at radius 3 is 2.83 bits per heavy atom. The molecule has 2 aromatic heterocycles. The van der Waals surface area contributed by atoms with Crippen LogP contribution in [0.5, 0.6) is 0 Å². The van der Waals surface area contributed by atoms with E-state index in [2.05, 4.69) is 41.0 Å². The summed E-state index contributed by atoms with van der Waals surface area (Å²) in [4.78, 5) is 5.90. The van der Waals surface area contributed by atoms with Gasteiger partial charge in [0.25, 0.3) is 0 Å². The van der Waals surface area contributed by atoms with Gasteiger partial charge in [-0.1, -0.05) is 13.8 Å². The minimum absolute atomic E-state index is 0.422. The minimum atomic E-state index is 0.422. The van der Waals surface area contributed by atoms with E-state index in [1.165, 1.54) is 21.9 Å². The van der Waals surface area contributed by atoms with Crippen LogP contribution in [0.3, 0.4) is 0 Å². The van der Waals surface area contributed by atoms with Crippen LogP contribution in [0, 0.1) is 0 Å². The number of aromatic nitrogens is 1. The van der Waals surface area contributed by atoms with Crippen LogP contribution in [0.2, 0.25) is 0 Å². The molecule has 0 aliphatic heterocycles. The van der Waals surface area contributed by atoms with Gasteiger partial charge >= 0.3 is 0 Å². The molecule has 2 nitrogen and oxygen atoms in total. The van der Waals surface area contributed by atoms with Gasteiger partial charge in [-0.15, -0.1) is 22.7 Å². The van der Waals surface area contributed by atoms with Crippen molar-refractivity contribution in [3.05, 3.63) is 38.5 Å². The number of nitrogens with one attached hydrogen (secondary N) is 1. The van der Waals surface area contributed by atoms with Crippen LogP contribution in [0.1, 0.15) is 41.8 Å². The van der Waals surface area contributed by atoms with Crippen molar-refractivity contribution in [1.82, 2.24) is 10.3 Å². The standard InChI is InChI=1S/C14H20N2S2/c1-3-6-15-12(10-13-16-7-9-17-13)14-11(4-2)5-8-18-14/h5,7-9,12,15H,3-4,6,10H2,1-2H3. The lowest BCUT2D eigenvalue weighted by atomic mass is 10.1. The maximum absolute atomic E-state index is 4.41. The Labute approximate surface area is 117 Å². The summed E-state index contributed by atoms with van der Waals surface area (Å²) >= 11 is 3.62. The molecule has 0 aromatic carbocycles. The Bertz CT molecular complexity index is 448. The molecule has 2 heterocycles.